The van der Waals surface area contributed by atoms with Crippen LogP contribution < -0.4 is 10.5 Å². The van der Waals surface area contributed by atoms with Gasteiger partial charge in [0.2, 0.25) is 5.91 Å². The lowest BCUT2D eigenvalue weighted by Gasteiger charge is -2.33. The van der Waals surface area contributed by atoms with Gasteiger partial charge in [-0.15, -0.1) is 0 Å². The molecule has 2 aromatic carbocycles. The monoisotopic (exact) mass is 398 g/mol. The van der Waals surface area contributed by atoms with Gasteiger partial charge in [0.25, 0.3) is 5.91 Å². The van der Waals surface area contributed by atoms with Crippen LogP contribution in [-0.4, -0.2) is 49.0 Å². The van der Waals surface area contributed by atoms with Gasteiger partial charge in [-0.25, -0.2) is 0 Å². The molecule has 0 spiro atoms. The number of piperidine rings is 1. The number of primary amides is 1. The number of likely N-dealkylation sites (tertiary alicyclic amines) is 1. The molecule has 1 saturated heterocycles. The third-order valence-electron chi connectivity index (χ3n) is 5.41. The molecular formula is C22H26N2O5. The van der Waals surface area contributed by atoms with Gasteiger partial charge in [0, 0.05) is 6.54 Å². The zero-order valence-electron chi connectivity index (χ0n) is 16.7. The van der Waals surface area contributed by atoms with Crippen molar-refractivity contribution >= 4 is 28.6 Å². The number of methoxy groups -OCH3 is 1. The van der Waals surface area contributed by atoms with E-state index in [0.717, 1.165) is 34.9 Å². The first-order chi connectivity index (χ1) is 13.9. The predicted molar refractivity (Wildman–Crippen MR) is 108 cm³/mol. The zero-order chi connectivity index (χ0) is 21.0. The Morgan fingerprint density at radius 3 is 2.59 bits per heavy atom. The van der Waals surface area contributed by atoms with E-state index in [9.17, 15) is 14.4 Å². The summed E-state index contributed by atoms with van der Waals surface area (Å²) >= 11 is 0. The van der Waals surface area contributed by atoms with Crippen molar-refractivity contribution in [3.05, 3.63) is 42.0 Å². The Morgan fingerprint density at radius 1 is 1.14 bits per heavy atom. The number of rotatable bonds is 6. The first-order valence-corrected chi connectivity index (χ1v) is 9.74. The number of benzene rings is 2. The molecule has 154 valence electrons. The average Bonchev–Trinajstić information content (AvgIpc) is 2.75. The molecule has 0 radical (unpaired) electrons. The number of nitrogens with zero attached hydrogens (tertiary/aromatic N) is 1. The number of hydrogen-bond donors (Lipinski definition) is 1. The van der Waals surface area contributed by atoms with Gasteiger partial charge in [0.05, 0.1) is 13.0 Å². The summed E-state index contributed by atoms with van der Waals surface area (Å²) in [4.78, 5) is 37.9. The van der Waals surface area contributed by atoms with Crippen molar-refractivity contribution in [1.29, 1.82) is 0 Å². The molecule has 2 amide bonds. The number of amides is 2. The topological polar surface area (TPSA) is 98.9 Å². The maximum atomic E-state index is 12.5. The molecule has 0 aliphatic carbocycles. The second-order valence-electron chi connectivity index (χ2n) is 7.30. The van der Waals surface area contributed by atoms with Gasteiger partial charge in [-0.2, -0.15) is 0 Å². The molecule has 1 fully saturated rings. The maximum Gasteiger partial charge on any atom is 0.313 e. The second kappa shape index (κ2) is 8.94. The van der Waals surface area contributed by atoms with E-state index in [2.05, 4.69) is 0 Å². The molecule has 0 saturated carbocycles. The first-order valence-electron chi connectivity index (χ1n) is 9.74. The smallest absolute Gasteiger partial charge is 0.313 e. The highest BCUT2D eigenvalue weighted by atomic mass is 16.5. The fraction of sp³-hybridized carbons (Fsp3) is 0.409. The van der Waals surface area contributed by atoms with Gasteiger partial charge < -0.3 is 20.1 Å². The van der Waals surface area contributed by atoms with Crippen LogP contribution in [0.15, 0.2) is 36.4 Å². The number of ether oxygens (including phenoxy) is 2. The van der Waals surface area contributed by atoms with E-state index in [-0.39, 0.29) is 5.91 Å². The fourth-order valence-corrected chi connectivity index (χ4v) is 3.64. The lowest BCUT2D eigenvalue weighted by molar-refractivity contribution is -0.155. The van der Waals surface area contributed by atoms with E-state index >= 15 is 0 Å². The predicted octanol–water partition coefficient (Wildman–Crippen LogP) is 2.36. The molecule has 7 nitrogen and oxygen atoms in total. The van der Waals surface area contributed by atoms with E-state index in [1.807, 2.05) is 36.4 Å². The van der Waals surface area contributed by atoms with Crippen LogP contribution >= 0.6 is 0 Å². The molecule has 0 aromatic heterocycles. The standard InChI is InChI=1S/C22H26N2O5/c1-14(15-6-7-17-12-18(28-2)9-8-16(17)11-15)22(27)29-13-20(25)24-10-4-3-5-19(24)21(23)26/h6-9,11-12,14,19H,3-5,10,13H2,1-2H3,(H2,23,26)/t14-,19+/m0/s1. The third-order valence-corrected chi connectivity index (χ3v) is 5.41. The summed E-state index contributed by atoms with van der Waals surface area (Å²) in [5, 5.41) is 1.99. The normalized spacial score (nSPS) is 17.6. The Labute approximate surface area is 169 Å². The molecule has 2 atom stereocenters. The number of carbonyl (C=O) groups excluding carboxylic acids is 3. The summed E-state index contributed by atoms with van der Waals surface area (Å²) in [5.74, 6) is -1.16. The number of hydrogen-bond acceptors (Lipinski definition) is 5. The molecule has 2 aromatic rings. The quantitative estimate of drug-likeness (QED) is 0.753. The van der Waals surface area contributed by atoms with Gasteiger partial charge in [-0.3, -0.25) is 14.4 Å². The summed E-state index contributed by atoms with van der Waals surface area (Å²) in [6.07, 6.45) is 2.21. The van der Waals surface area contributed by atoms with E-state index in [1.54, 1.807) is 14.0 Å². The van der Waals surface area contributed by atoms with Crippen molar-refractivity contribution in [1.82, 2.24) is 4.90 Å². The van der Waals surface area contributed by atoms with Crippen molar-refractivity contribution in [2.75, 3.05) is 20.3 Å². The lowest BCUT2D eigenvalue weighted by Crippen LogP contribution is -2.51. The van der Waals surface area contributed by atoms with Crippen LogP contribution in [-0.2, 0) is 19.1 Å². The van der Waals surface area contributed by atoms with Crippen molar-refractivity contribution in [3.8, 4) is 5.75 Å². The van der Waals surface area contributed by atoms with Crippen molar-refractivity contribution in [2.45, 2.75) is 38.1 Å². The Hall–Kier alpha value is -3.09. The number of nitrogens with two attached hydrogens (primary N) is 1. The van der Waals surface area contributed by atoms with Crippen LogP contribution in [0.3, 0.4) is 0 Å². The van der Waals surface area contributed by atoms with Gasteiger partial charge >= 0.3 is 5.97 Å². The first kappa shape index (κ1) is 20.6. The van der Waals surface area contributed by atoms with Crippen LogP contribution in [0.1, 0.15) is 37.7 Å². The molecule has 3 rings (SSSR count). The highest BCUT2D eigenvalue weighted by Gasteiger charge is 2.31. The minimum atomic E-state index is -0.621. The van der Waals surface area contributed by atoms with Crippen molar-refractivity contribution in [2.24, 2.45) is 5.73 Å². The second-order valence-corrected chi connectivity index (χ2v) is 7.30. The van der Waals surface area contributed by atoms with Crippen molar-refractivity contribution < 1.29 is 23.9 Å². The van der Waals surface area contributed by atoms with Gasteiger partial charge in [-0.05, 0) is 54.7 Å². The van der Waals surface area contributed by atoms with E-state index in [1.165, 1.54) is 4.90 Å². The van der Waals surface area contributed by atoms with Gasteiger partial charge in [-0.1, -0.05) is 24.3 Å². The van der Waals surface area contributed by atoms with Crippen molar-refractivity contribution in [3.63, 3.8) is 0 Å². The van der Waals surface area contributed by atoms with Crippen LogP contribution in [0.25, 0.3) is 10.8 Å². The molecule has 1 aliphatic heterocycles. The highest BCUT2D eigenvalue weighted by molar-refractivity contribution is 5.89. The summed E-state index contributed by atoms with van der Waals surface area (Å²) < 4.78 is 10.5. The average molecular weight is 398 g/mol. The van der Waals surface area contributed by atoms with Crippen LogP contribution in [0.4, 0.5) is 0 Å². The van der Waals surface area contributed by atoms with E-state index in [0.29, 0.717) is 13.0 Å². The van der Waals surface area contributed by atoms with Crippen LogP contribution in [0.5, 0.6) is 5.75 Å². The number of fused-ring (bicyclic) bond motifs is 1. The Kier molecular flexibility index (Phi) is 6.36. The molecule has 29 heavy (non-hydrogen) atoms. The minimum absolute atomic E-state index is 0.389. The largest absolute Gasteiger partial charge is 0.497 e. The Morgan fingerprint density at radius 2 is 1.86 bits per heavy atom. The molecule has 1 aliphatic rings. The Balaban J connectivity index is 1.63. The summed E-state index contributed by atoms with van der Waals surface area (Å²) in [7, 11) is 1.62. The van der Waals surface area contributed by atoms with Crippen LogP contribution in [0, 0.1) is 0 Å². The van der Waals surface area contributed by atoms with E-state index < -0.39 is 30.4 Å². The zero-order valence-corrected chi connectivity index (χ0v) is 16.7. The molecule has 0 bridgehead atoms. The summed E-state index contributed by atoms with van der Waals surface area (Å²) in [6, 6.07) is 10.8. The van der Waals surface area contributed by atoms with Crippen LogP contribution in [0.2, 0.25) is 0 Å². The molecular weight excluding hydrogens is 372 g/mol. The fourth-order valence-electron chi connectivity index (χ4n) is 3.64. The summed E-state index contributed by atoms with van der Waals surface area (Å²) in [5.41, 5.74) is 6.19. The minimum Gasteiger partial charge on any atom is -0.497 e. The lowest BCUT2D eigenvalue weighted by atomic mass is 9.98. The molecule has 2 N–H and O–H groups in total. The Bertz CT molecular complexity index is 927. The third kappa shape index (κ3) is 4.67. The molecule has 0 unspecified atom stereocenters. The summed E-state index contributed by atoms with van der Waals surface area (Å²) in [6.45, 7) is 1.80. The highest BCUT2D eigenvalue weighted by Crippen LogP contribution is 2.26. The number of carbonyl (C=O) groups is 3. The van der Waals surface area contributed by atoms with E-state index in [4.69, 9.17) is 15.2 Å². The van der Waals surface area contributed by atoms with Gasteiger partial charge in [0.15, 0.2) is 6.61 Å². The molecule has 7 heteroatoms. The SMILES string of the molecule is COc1ccc2cc([C@H](C)C(=O)OCC(=O)N3CCCC[C@@H]3C(N)=O)ccc2c1. The number of esters is 1. The maximum absolute atomic E-state index is 12.5. The van der Waals surface area contributed by atoms with Gasteiger partial charge in [0.1, 0.15) is 11.8 Å². The molecule has 1 heterocycles.